The van der Waals surface area contributed by atoms with Gasteiger partial charge in [0, 0.05) is 32.1 Å². The van der Waals surface area contributed by atoms with E-state index < -0.39 is 0 Å². The summed E-state index contributed by atoms with van der Waals surface area (Å²) in [7, 11) is 3.73. The van der Waals surface area contributed by atoms with Gasteiger partial charge in [-0.1, -0.05) is 30.3 Å². The third kappa shape index (κ3) is 3.60. The van der Waals surface area contributed by atoms with Gasteiger partial charge in [0.05, 0.1) is 12.6 Å². The fourth-order valence-electron chi connectivity index (χ4n) is 2.87. The van der Waals surface area contributed by atoms with Crippen LogP contribution in [0.2, 0.25) is 0 Å². The lowest BCUT2D eigenvalue weighted by molar-refractivity contribution is 0.0492. The van der Waals surface area contributed by atoms with Gasteiger partial charge < -0.3 is 14.5 Å². The zero-order valence-corrected chi connectivity index (χ0v) is 14.3. The van der Waals surface area contributed by atoms with Crippen molar-refractivity contribution in [1.29, 1.82) is 0 Å². The summed E-state index contributed by atoms with van der Waals surface area (Å²) in [6, 6.07) is 10.3. The number of ether oxygens (including phenoxy) is 1. The summed E-state index contributed by atoms with van der Waals surface area (Å²) < 4.78 is 5.09. The second-order valence-electron chi connectivity index (χ2n) is 5.75. The molecule has 1 fully saturated rings. The van der Waals surface area contributed by atoms with Crippen LogP contribution in [0.5, 0.6) is 0 Å². The number of hydrogen-bond acceptors (Lipinski definition) is 5. The van der Waals surface area contributed by atoms with Crippen LogP contribution in [0.15, 0.2) is 35.7 Å². The van der Waals surface area contributed by atoms with Crippen LogP contribution >= 0.6 is 11.3 Å². The van der Waals surface area contributed by atoms with Crippen molar-refractivity contribution >= 4 is 17.2 Å². The Kier molecular flexibility index (Phi) is 5.05. The van der Waals surface area contributed by atoms with E-state index >= 15 is 0 Å². The number of nitrogens with zero attached hydrogens (tertiary/aromatic N) is 3. The summed E-state index contributed by atoms with van der Waals surface area (Å²) in [5.74, 6) is 0.00514. The van der Waals surface area contributed by atoms with E-state index in [1.807, 2.05) is 28.5 Å². The Morgan fingerprint density at radius 1 is 1.35 bits per heavy atom. The molecule has 1 aliphatic heterocycles. The molecule has 1 amide bonds. The van der Waals surface area contributed by atoms with Crippen LogP contribution in [-0.4, -0.2) is 54.5 Å². The molecule has 0 radical (unpaired) electrons. The summed E-state index contributed by atoms with van der Waals surface area (Å²) in [6.07, 6.45) is 0. The third-order valence-electron chi connectivity index (χ3n) is 4.07. The number of amides is 1. The zero-order chi connectivity index (χ0) is 16.2. The first kappa shape index (κ1) is 16.1. The number of carbonyl (C=O) groups excluding carboxylic acids is 1. The van der Waals surface area contributed by atoms with E-state index in [0.29, 0.717) is 18.8 Å². The van der Waals surface area contributed by atoms with E-state index in [4.69, 9.17) is 4.74 Å². The van der Waals surface area contributed by atoms with Crippen molar-refractivity contribution in [2.75, 3.05) is 33.8 Å². The predicted molar refractivity (Wildman–Crippen MR) is 90.5 cm³/mol. The second-order valence-corrected chi connectivity index (χ2v) is 6.69. The Morgan fingerprint density at radius 3 is 2.87 bits per heavy atom. The number of piperazine rings is 1. The molecular formula is C17H21N3O2S. The quantitative estimate of drug-likeness (QED) is 0.863. The molecule has 1 atom stereocenters. The molecule has 3 rings (SSSR count). The van der Waals surface area contributed by atoms with Crippen LogP contribution < -0.4 is 0 Å². The van der Waals surface area contributed by atoms with Gasteiger partial charge in [0.25, 0.3) is 5.91 Å². The molecule has 1 aromatic carbocycles. The Bertz CT molecular complexity index is 659. The lowest BCUT2D eigenvalue weighted by atomic mass is 10.0. The number of thiazole rings is 1. The maximum Gasteiger partial charge on any atom is 0.273 e. The highest BCUT2D eigenvalue weighted by Crippen LogP contribution is 2.27. The minimum Gasteiger partial charge on any atom is -0.378 e. The lowest BCUT2D eigenvalue weighted by Gasteiger charge is -2.40. The summed E-state index contributed by atoms with van der Waals surface area (Å²) in [5.41, 5.74) is 1.69. The van der Waals surface area contributed by atoms with Crippen LogP contribution in [0.4, 0.5) is 0 Å². The van der Waals surface area contributed by atoms with E-state index in [2.05, 4.69) is 29.1 Å². The maximum atomic E-state index is 12.9. The van der Waals surface area contributed by atoms with E-state index in [1.54, 1.807) is 7.11 Å². The summed E-state index contributed by atoms with van der Waals surface area (Å²) in [5, 5.41) is 2.66. The van der Waals surface area contributed by atoms with Gasteiger partial charge in [0.15, 0.2) is 0 Å². The van der Waals surface area contributed by atoms with E-state index in [0.717, 1.165) is 18.1 Å². The Morgan fingerprint density at radius 2 is 2.13 bits per heavy atom. The van der Waals surface area contributed by atoms with Gasteiger partial charge >= 0.3 is 0 Å². The average Bonchev–Trinajstić information content (AvgIpc) is 3.04. The number of methoxy groups -OCH3 is 1. The summed E-state index contributed by atoms with van der Waals surface area (Å²) in [6.45, 7) is 2.88. The van der Waals surface area contributed by atoms with Gasteiger partial charge in [0.2, 0.25) is 0 Å². The van der Waals surface area contributed by atoms with Crippen molar-refractivity contribution in [3.8, 4) is 0 Å². The molecule has 122 valence electrons. The van der Waals surface area contributed by atoms with Crippen LogP contribution in [0.25, 0.3) is 0 Å². The lowest BCUT2D eigenvalue weighted by Crippen LogP contribution is -2.49. The molecule has 0 aliphatic carbocycles. The minimum atomic E-state index is 0.00514. The highest BCUT2D eigenvalue weighted by molar-refractivity contribution is 7.09. The maximum absolute atomic E-state index is 12.9. The summed E-state index contributed by atoms with van der Waals surface area (Å²) >= 11 is 1.47. The van der Waals surface area contributed by atoms with Crippen LogP contribution in [-0.2, 0) is 11.3 Å². The topological polar surface area (TPSA) is 45.7 Å². The van der Waals surface area contributed by atoms with Crippen molar-refractivity contribution in [3.05, 3.63) is 52.0 Å². The molecule has 23 heavy (non-hydrogen) atoms. The van der Waals surface area contributed by atoms with Crippen molar-refractivity contribution in [2.24, 2.45) is 0 Å². The van der Waals surface area contributed by atoms with Gasteiger partial charge in [-0.2, -0.15) is 0 Å². The van der Waals surface area contributed by atoms with E-state index in [9.17, 15) is 4.79 Å². The number of hydrogen-bond donors (Lipinski definition) is 0. The Balaban J connectivity index is 1.84. The monoisotopic (exact) mass is 331 g/mol. The molecule has 5 nitrogen and oxygen atoms in total. The van der Waals surface area contributed by atoms with Crippen molar-refractivity contribution in [3.63, 3.8) is 0 Å². The molecule has 0 saturated carbocycles. The molecular weight excluding hydrogens is 310 g/mol. The number of rotatable bonds is 4. The largest absolute Gasteiger partial charge is 0.378 e. The SMILES string of the molecule is COCc1nc(C(=O)N2CCN(C)C[C@H]2c2ccccc2)cs1. The van der Waals surface area contributed by atoms with Crippen LogP contribution in [0.1, 0.15) is 27.1 Å². The second kappa shape index (κ2) is 7.21. The number of aromatic nitrogens is 1. The number of likely N-dealkylation sites (N-methyl/N-ethyl adjacent to an activating group) is 1. The molecule has 0 bridgehead atoms. The normalized spacial score (nSPS) is 19.0. The van der Waals surface area contributed by atoms with Crippen LogP contribution in [0.3, 0.4) is 0 Å². The van der Waals surface area contributed by atoms with Crippen molar-refractivity contribution in [2.45, 2.75) is 12.6 Å². The highest BCUT2D eigenvalue weighted by atomic mass is 32.1. The fourth-order valence-corrected chi connectivity index (χ4v) is 3.61. The fraction of sp³-hybridized carbons (Fsp3) is 0.412. The van der Waals surface area contributed by atoms with Gasteiger partial charge in [-0.3, -0.25) is 4.79 Å². The molecule has 1 saturated heterocycles. The minimum absolute atomic E-state index is 0.00514. The molecule has 1 aliphatic rings. The predicted octanol–water partition coefficient (Wildman–Crippen LogP) is 2.42. The van der Waals surface area contributed by atoms with Gasteiger partial charge in [-0.25, -0.2) is 4.98 Å². The molecule has 1 aromatic heterocycles. The molecule has 6 heteroatoms. The van der Waals surface area contributed by atoms with Crippen LogP contribution in [0, 0.1) is 0 Å². The zero-order valence-electron chi connectivity index (χ0n) is 13.4. The van der Waals surface area contributed by atoms with Crippen molar-refractivity contribution < 1.29 is 9.53 Å². The Labute approximate surface area is 140 Å². The summed E-state index contributed by atoms with van der Waals surface area (Å²) in [4.78, 5) is 21.5. The van der Waals surface area contributed by atoms with Gasteiger partial charge in [-0.05, 0) is 12.6 Å². The molecule has 0 unspecified atom stereocenters. The molecule has 2 aromatic rings. The van der Waals surface area contributed by atoms with Crippen molar-refractivity contribution in [1.82, 2.24) is 14.8 Å². The first-order valence-corrected chi connectivity index (χ1v) is 8.55. The smallest absolute Gasteiger partial charge is 0.273 e. The molecule has 0 spiro atoms. The first-order chi connectivity index (χ1) is 11.2. The third-order valence-corrected chi connectivity index (χ3v) is 4.89. The van der Waals surface area contributed by atoms with Gasteiger partial charge in [0.1, 0.15) is 10.7 Å². The first-order valence-electron chi connectivity index (χ1n) is 7.67. The van der Waals surface area contributed by atoms with E-state index in [-0.39, 0.29) is 11.9 Å². The number of benzene rings is 1. The number of carbonyl (C=O) groups is 1. The van der Waals surface area contributed by atoms with Gasteiger partial charge in [-0.15, -0.1) is 11.3 Å². The van der Waals surface area contributed by atoms with E-state index in [1.165, 1.54) is 16.9 Å². The molecule has 0 N–H and O–H groups in total. The Hall–Kier alpha value is -1.76. The molecule has 2 heterocycles. The standard InChI is InChI=1S/C17H21N3O2S/c1-19-8-9-20(15(10-19)13-6-4-3-5-7-13)17(21)14-12-23-16(18-14)11-22-2/h3-7,12,15H,8-11H2,1-2H3/t15-/m0/s1. The average molecular weight is 331 g/mol. The highest BCUT2D eigenvalue weighted by Gasteiger charge is 2.31.